The number of hydrogen-bond acceptors (Lipinski definition) is 6. The zero-order chi connectivity index (χ0) is 25.3. The number of rotatable bonds is 4. The van der Waals surface area contributed by atoms with Crippen molar-refractivity contribution < 1.29 is 14.6 Å². The summed E-state index contributed by atoms with van der Waals surface area (Å²) in [5.74, 6) is 1.15. The number of ether oxygens (including phenoxy) is 1. The fourth-order valence-corrected chi connectivity index (χ4v) is 8.47. The van der Waals surface area contributed by atoms with E-state index >= 15 is 0 Å². The lowest BCUT2D eigenvalue weighted by Gasteiger charge is -2.56. The lowest BCUT2D eigenvalue weighted by molar-refractivity contribution is -0.152. The number of para-hydroxylation sites is 2. The lowest BCUT2D eigenvalue weighted by Crippen LogP contribution is -2.64. The van der Waals surface area contributed by atoms with Crippen LogP contribution >= 0.6 is 0 Å². The van der Waals surface area contributed by atoms with Crippen LogP contribution in [0.3, 0.4) is 0 Å². The fourth-order valence-electron chi connectivity index (χ4n) is 8.47. The van der Waals surface area contributed by atoms with Crippen molar-refractivity contribution in [3.63, 3.8) is 0 Å². The molecular weight excluding hydrogens is 468 g/mol. The van der Waals surface area contributed by atoms with Gasteiger partial charge in [0.15, 0.2) is 5.82 Å². The second-order valence-electron chi connectivity index (χ2n) is 12.3. The molecule has 3 aliphatic heterocycles. The van der Waals surface area contributed by atoms with Crippen molar-refractivity contribution in [1.29, 1.82) is 0 Å². The van der Waals surface area contributed by atoms with Gasteiger partial charge in [-0.25, -0.2) is 9.78 Å². The summed E-state index contributed by atoms with van der Waals surface area (Å²) in [6, 6.07) is 8.43. The van der Waals surface area contributed by atoms with Crippen molar-refractivity contribution in [1.82, 2.24) is 14.5 Å². The van der Waals surface area contributed by atoms with Gasteiger partial charge in [0, 0.05) is 30.7 Å². The molecule has 5 aliphatic rings. The summed E-state index contributed by atoms with van der Waals surface area (Å²) < 4.78 is 8.23. The number of nitrogens with zero attached hydrogens (tertiary/aromatic N) is 4. The normalized spacial score (nSPS) is 37.8. The number of piperidine rings is 1. The Morgan fingerprint density at radius 2 is 1.78 bits per heavy atom. The third kappa shape index (κ3) is 3.90. The summed E-state index contributed by atoms with van der Waals surface area (Å²) in [6.07, 6.45) is 10.7. The van der Waals surface area contributed by atoms with Crippen LogP contribution in [0.4, 0.5) is 5.82 Å². The minimum Gasteiger partial charge on any atom is -0.480 e. The molecule has 5 fully saturated rings. The maximum Gasteiger partial charge on any atom is 0.326 e. The molecule has 1 aromatic heterocycles. The summed E-state index contributed by atoms with van der Waals surface area (Å²) in [5.41, 5.74) is 1.45. The molecule has 1 N–H and O–H groups in total. The molecule has 198 valence electrons. The Kier molecular flexibility index (Phi) is 5.81. The molecular formula is C29H38N4O4. The number of morpholine rings is 1. The molecule has 0 radical (unpaired) electrons. The molecule has 2 saturated carbocycles. The third-order valence-corrected chi connectivity index (χ3v) is 10.2. The number of hydrogen-bond donors (Lipinski definition) is 1. The van der Waals surface area contributed by atoms with Crippen LogP contribution in [-0.4, -0.2) is 68.9 Å². The molecule has 2 aliphatic carbocycles. The largest absolute Gasteiger partial charge is 0.480 e. The second kappa shape index (κ2) is 9.09. The summed E-state index contributed by atoms with van der Waals surface area (Å²) in [4.78, 5) is 35.0. The van der Waals surface area contributed by atoms with E-state index in [1.54, 1.807) is 4.90 Å². The molecule has 7 unspecified atom stereocenters. The first-order valence-electron chi connectivity index (χ1n) is 14.4. The van der Waals surface area contributed by atoms with Crippen LogP contribution in [0.25, 0.3) is 11.0 Å². The van der Waals surface area contributed by atoms with E-state index in [4.69, 9.17) is 4.74 Å². The van der Waals surface area contributed by atoms with E-state index in [1.165, 1.54) is 38.5 Å². The molecule has 2 aromatic rings. The quantitative estimate of drug-likeness (QED) is 0.674. The molecule has 3 saturated heterocycles. The number of carbonyl (C=O) groups is 1. The van der Waals surface area contributed by atoms with Gasteiger partial charge in [0.2, 0.25) is 0 Å². The highest BCUT2D eigenvalue weighted by Gasteiger charge is 2.48. The van der Waals surface area contributed by atoms with Crippen LogP contribution in [-0.2, 0) is 9.53 Å². The number of aliphatic carboxylic acids is 1. The molecule has 4 heterocycles. The third-order valence-electron chi connectivity index (χ3n) is 10.2. The Hall–Kier alpha value is -2.45. The summed E-state index contributed by atoms with van der Waals surface area (Å²) in [7, 11) is 0. The van der Waals surface area contributed by atoms with E-state index in [0.717, 1.165) is 42.3 Å². The van der Waals surface area contributed by atoms with Gasteiger partial charge in [0.1, 0.15) is 6.04 Å². The molecule has 37 heavy (non-hydrogen) atoms. The molecule has 4 bridgehead atoms. The number of carboxylic acid groups (broad SMARTS) is 1. The number of carboxylic acids is 1. The summed E-state index contributed by atoms with van der Waals surface area (Å²) in [6.45, 7) is 3.48. The topological polar surface area (TPSA) is 87.9 Å². The average Bonchev–Trinajstić information content (AvgIpc) is 2.85. The van der Waals surface area contributed by atoms with Crippen LogP contribution in [0, 0.1) is 11.8 Å². The Labute approximate surface area is 217 Å². The Morgan fingerprint density at radius 1 is 1.00 bits per heavy atom. The Morgan fingerprint density at radius 3 is 2.51 bits per heavy atom. The predicted octanol–water partition coefficient (Wildman–Crippen LogP) is 3.82. The second-order valence-corrected chi connectivity index (χ2v) is 12.3. The SMILES string of the molecule is CC1OCC2CC(n3c(=O)c(N4CCC4C(=O)O)nc4ccccc43)CC1N2C1CC2CCCC(C2)C1. The minimum atomic E-state index is -0.891. The van der Waals surface area contributed by atoms with Crippen molar-refractivity contribution in [2.45, 2.75) is 101 Å². The van der Waals surface area contributed by atoms with Crippen molar-refractivity contribution in [3.8, 4) is 0 Å². The van der Waals surface area contributed by atoms with E-state index in [1.807, 2.05) is 28.8 Å². The van der Waals surface area contributed by atoms with Crippen LogP contribution in [0.2, 0.25) is 0 Å². The molecule has 7 atom stereocenters. The first-order chi connectivity index (χ1) is 18.0. The van der Waals surface area contributed by atoms with Crippen molar-refractivity contribution in [3.05, 3.63) is 34.6 Å². The van der Waals surface area contributed by atoms with E-state index in [2.05, 4.69) is 16.8 Å². The monoisotopic (exact) mass is 506 g/mol. The maximum atomic E-state index is 14.0. The Balaban J connectivity index is 1.25. The zero-order valence-electron chi connectivity index (χ0n) is 21.7. The minimum absolute atomic E-state index is 0.0457. The van der Waals surface area contributed by atoms with Crippen LogP contribution in [0.15, 0.2) is 29.1 Å². The van der Waals surface area contributed by atoms with Crippen molar-refractivity contribution in [2.24, 2.45) is 11.8 Å². The number of anilines is 1. The van der Waals surface area contributed by atoms with Gasteiger partial charge in [0.25, 0.3) is 5.56 Å². The average molecular weight is 507 g/mol. The highest BCUT2D eigenvalue weighted by molar-refractivity contribution is 5.81. The number of fused-ring (bicyclic) bond motifs is 5. The first kappa shape index (κ1) is 23.7. The van der Waals surface area contributed by atoms with Crippen LogP contribution in [0.5, 0.6) is 0 Å². The van der Waals surface area contributed by atoms with Gasteiger partial charge in [-0.1, -0.05) is 31.4 Å². The predicted molar refractivity (Wildman–Crippen MR) is 141 cm³/mol. The van der Waals surface area contributed by atoms with Gasteiger partial charge >= 0.3 is 5.97 Å². The van der Waals surface area contributed by atoms with E-state index < -0.39 is 12.0 Å². The van der Waals surface area contributed by atoms with Crippen molar-refractivity contribution >= 4 is 22.8 Å². The van der Waals surface area contributed by atoms with Gasteiger partial charge in [0.05, 0.1) is 23.7 Å². The molecule has 8 heteroatoms. The maximum absolute atomic E-state index is 14.0. The highest BCUT2D eigenvalue weighted by Crippen LogP contribution is 2.46. The smallest absolute Gasteiger partial charge is 0.326 e. The van der Waals surface area contributed by atoms with E-state index in [0.29, 0.717) is 31.1 Å². The molecule has 8 nitrogen and oxygen atoms in total. The fraction of sp³-hybridized carbons (Fsp3) is 0.690. The Bertz CT molecular complexity index is 1250. The lowest BCUT2D eigenvalue weighted by atomic mass is 9.69. The van der Waals surface area contributed by atoms with Gasteiger partial charge in [-0.3, -0.25) is 9.69 Å². The molecule has 0 amide bonds. The van der Waals surface area contributed by atoms with E-state index in [9.17, 15) is 14.7 Å². The first-order valence-corrected chi connectivity index (χ1v) is 14.4. The number of aromatic nitrogens is 2. The molecule has 7 rings (SSSR count). The van der Waals surface area contributed by atoms with Crippen LogP contribution < -0.4 is 10.5 Å². The van der Waals surface area contributed by atoms with Gasteiger partial charge in [-0.2, -0.15) is 0 Å². The zero-order valence-corrected chi connectivity index (χ0v) is 21.7. The van der Waals surface area contributed by atoms with Crippen LogP contribution in [0.1, 0.15) is 70.8 Å². The molecule has 0 spiro atoms. The van der Waals surface area contributed by atoms with E-state index in [-0.39, 0.29) is 23.5 Å². The summed E-state index contributed by atoms with van der Waals surface area (Å²) >= 11 is 0. The van der Waals surface area contributed by atoms with Gasteiger partial charge in [-0.05, 0) is 69.4 Å². The highest BCUT2D eigenvalue weighted by atomic mass is 16.5. The summed E-state index contributed by atoms with van der Waals surface area (Å²) in [5, 5.41) is 9.64. The van der Waals surface area contributed by atoms with Crippen molar-refractivity contribution in [2.75, 3.05) is 18.1 Å². The standard InChI is InChI=1S/C29H38N4O4/c1-17-26-15-21(14-22(16-37-17)32(26)20-12-18-5-4-6-19(11-18)13-20)33-24-8-3-2-7-23(24)30-27(28(33)34)31-10-9-25(31)29(35)36/h2-3,7-8,17-22,25-26H,4-6,9-16H2,1H3,(H,35,36). The number of benzene rings is 1. The van der Waals surface area contributed by atoms with Gasteiger partial charge < -0.3 is 19.3 Å². The molecule has 1 aromatic carbocycles. The van der Waals surface area contributed by atoms with Gasteiger partial charge in [-0.15, -0.1) is 0 Å².